The van der Waals surface area contributed by atoms with E-state index < -0.39 is 5.97 Å². The maximum Gasteiger partial charge on any atom is 0.335 e. The zero-order valence-electron chi connectivity index (χ0n) is 11.1. The van der Waals surface area contributed by atoms with Gasteiger partial charge in [0.15, 0.2) is 0 Å². The minimum absolute atomic E-state index is 0.247. The number of rotatable bonds is 3. The molecule has 0 saturated carbocycles. The van der Waals surface area contributed by atoms with Gasteiger partial charge in [-0.05, 0) is 29.1 Å². The van der Waals surface area contributed by atoms with Gasteiger partial charge >= 0.3 is 5.97 Å². The molecule has 0 fully saturated rings. The smallest absolute Gasteiger partial charge is 0.335 e. The Morgan fingerprint density at radius 1 is 1.10 bits per heavy atom. The lowest BCUT2D eigenvalue weighted by molar-refractivity contribution is 0.0697. The SMILES string of the molecule is CC(c1ccccc1)c1cc2ccc(C(=O)O)cc2[nH]1. The number of fused-ring (bicyclic) bond motifs is 1. The lowest BCUT2D eigenvalue weighted by Crippen LogP contribution is -1.96. The molecule has 3 rings (SSSR count). The maximum atomic E-state index is 11.0. The fourth-order valence-electron chi connectivity index (χ4n) is 2.44. The van der Waals surface area contributed by atoms with Gasteiger partial charge in [-0.25, -0.2) is 4.79 Å². The summed E-state index contributed by atoms with van der Waals surface area (Å²) in [6.45, 7) is 2.14. The van der Waals surface area contributed by atoms with E-state index in [0.717, 1.165) is 16.6 Å². The van der Waals surface area contributed by atoms with E-state index in [2.05, 4.69) is 30.1 Å². The van der Waals surface area contributed by atoms with Crippen LogP contribution in [0.4, 0.5) is 0 Å². The van der Waals surface area contributed by atoms with Gasteiger partial charge in [-0.1, -0.05) is 43.3 Å². The number of H-pyrrole nitrogens is 1. The van der Waals surface area contributed by atoms with Crippen LogP contribution in [0.5, 0.6) is 0 Å². The molecule has 100 valence electrons. The second-order valence-corrected chi connectivity index (χ2v) is 4.96. The Morgan fingerprint density at radius 2 is 1.85 bits per heavy atom. The van der Waals surface area contributed by atoms with E-state index in [4.69, 9.17) is 5.11 Å². The van der Waals surface area contributed by atoms with Crippen LogP contribution in [0.2, 0.25) is 0 Å². The van der Waals surface area contributed by atoms with Crippen molar-refractivity contribution in [2.45, 2.75) is 12.8 Å². The number of hydrogen-bond donors (Lipinski definition) is 2. The molecule has 2 aromatic carbocycles. The van der Waals surface area contributed by atoms with Crippen molar-refractivity contribution < 1.29 is 9.90 Å². The van der Waals surface area contributed by atoms with Crippen LogP contribution >= 0.6 is 0 Å². The highest BCUT2D eigenvalue weighted by atomic mass is 16.4. The van der Waals surface area contributed by atoms with Crippen molar-refractivity contribution in [2.75, 3.05) is 0 Å². The van der Waals surface area contributed by atoms with Gasteiger partial charge in [-0.2, -0.15) is 0 Å². The van der Waals surface area contributed by atoms with Gasteiger partial charge in [-0.3, -0.25) is 0 Å². The molecule has 3 aromatic rings. The predicted molar refractivity (Wildman–Crippen MR) is 79.2 cm³/mol. The lowest BCUT2D eigenvalue weighted by Gasteiger charge is -2.09. The molecule has 0 aliphatic carbocycles. The van der Waals surface area contributed by atoms with Crippen molar-refractivity contribution in [1.82, 2.24) is 4.98 Å². The molecule has 0 bridgehead atoms. The van der Waals surface area contributed by atoms with Crippen LogP contribution in [-0.4, -0.2) is 16.1 Å². The Labute approximate surface area is 116 Å². The van der Waals surface area contributed by atoms with Crippen LogP contribution < -0.4 is 0 Å². The average Bonchev–Trinajstić information content (AvgIpc) is 2.90. The number of aromatic amines is 1. The summed E-state index contributed by atoms with van der Waals surface area (Å²) in [5.41, 5.74) is 3.49. The normalized spacial score (nSPS) is 12.4. The number of carboxylic acid groups (broad SMARTS) is 1. The standard InChI is InChI=1S/C17H15NO2/c1-11(12-5-3-2-4-6-12)15-9-13-7-8-14(17(19)20)10-16(13)18-15/h2-11,18H,1H3,(H,19,20). The zero-order valence-corrected chi connectivity index (χ0v) is 11.1. The summed E-state index contributed by atoms with van der Waals surface area (Å²) in [5, 5.41) is 10.1. The van der Waals surface area contributed by atoms with Crippen molar-refractivity contribution in [3.63, 3.8) is 0 Å². The summed E-state index contributed by atoms with van der Waals surface area (Å²) in [4.78, 5) is 14.3. The summed E-state index contributed by atoms with van der Waals surface area (Å²) in [6.07, 6.45) is 0. The molecule has 1 heterocycles. The predicted octanol–water partition coefficient (Wildman–Crippen LogP) is 4.02. The van der Waals surface area contributed by atoms with Crippen LogP contribution in [-0.2, 0) is 0 Å². The second-order valence-electron chi connectivity index (χ2n) is 4.96. The van der Waals surface area contributed by atoms with E-state index in [-0.39, 0.29) is 5.92 Å². The Kier molecular flexibility index (Phi) is 3.03. The summed E-state index contributed by atoms with van der Waals surface area (Å²) >= 11 is 0. The van der Waals surface area contributed by atoms with E-state index in [0.29, 0.717) is 5.56 Å². The summed E-state index contributed by atoms with van der Waals surface area (Å²) in [5.74, 6) is -0.656. The number of benzene rings is 2. The van der Waals surface area contributed by atoms with Crippen LogP contribution in [0.3, 0.4) is 0 Å². The highest BCUT2D eigenvalue weighted by Crippen LogP contribution is 2.27. The van der Waals surface area contributed by atoms with Gasteiger partial charge < -0.3 is 10.1 Å². The van der Waals surface area contributed by atoms with Crippen LogP contribution in [0.25, 0.3) is 10.9 Å². The first-order chi connectivity index (χ1) is 9.65. The minimum Gasteiger partial charge on any atom is -0.478 e. The quantitative estimate of drug-likeness (QED) is 0.751. The van der Waals surface area contributed by atoms with E-state index in [9.17, 15) is 4.79 Å². The van der Waals surface area contributed by atoms with Crippen molar-refractivity contribution in [3.05, 3.63) is 71.4 Å². The molecule has 1 atom stereocenters. The first-order valence-electron chi connectivity index (χ1n) is 6.56. The van der Waals surface area contributed by atoms with Gasteiger partial charge in [0.25, 0.3) is 0 Å². The highest BCUT2D eigenvalue weighted by molar-refractivity contribution is 5.93. The molecule has 2 N–H and O–H groups in total. The second kappa shape index (κ2) is 4.85. The Morgan fingerprint density at radius 3 is 2.55 bits per heavy atom. The molecule has 0 amide bonds. The van der Waals surface area contributed by atoms with Crippen LogP contribution in [0, 0.1) is 0 Å². The number of nitrogens with one attached hydrogen (secondary N) is 1. The van der Waals surface area contributed by atoms with Gasteiger partial charge in [0.2, 0.25) is 0 Å². The lowest BCUT2D eigenvalue weighted by atomic mass is 9.98. The van der Waals surface area contributed by atoms with E-state index in [1.807, 2.05) is 24.3 Å². The van der Waals surface area contributed by atoms with Crippen molar-refractivity contribution in [2.24, 2.45) is 0 Å². The first-order valence-corrected chi connectivity index (χ1v) is 6.56. The monoisotopic (exact) mass is 265 g/mol. The summed E-state index contributed by atoms with van der Waals surface area (Å²) in [6, 6.07) is 17.5. The van der Waals surface area contributed by atoms with Gasteiger partial charge in [0.1, 0.15) is 0 Å². The largest absolute Gasteiger partial charge is 0.478 e. The molecule has 0 aliphatic rings. The molecule has 0 saturated heterocycles. The molecule has 1 aromatic heterocycles. The van der Waals surface area contributed by atoms with Gasteiger partial charge in [0, 0.05) is 17.1 Å². The number of hydrogen-bond acceptors (Lipinski definition) is 1. The fourth-order valence-corrected chi connectivity index (χ4v) is 2.44. The maximum absolute atomic E-state index is 11.0. The summed E-state index contributed by atoms with van der Waals surface area (Å²) in [7, 11) is 0. The zero-order chi connectivity index (χ0) is 14.1. The number of carboxylic acids is 1. The molecular weight excluding hydrogens is 250 g/mol. The van der Waals surface area contributed by atoms with E-state index in [1.165, 1.54) is 5.56 Å². The minimum atomic E-state index is -0.904. The topological polar surface area (TPSA) is 53.1 Å². The van der Waals surface area contributed by atoms with Gasteiger partial charge in [-0.15, -0.1) is 0 Å². The molecule has 3 nitrogen and oxygen atoms in total. The Balaban J connectivity index is 2.03. The molecule has 3 heteroatoms. The van der Waals surface area contributed by atoms with E-state index >= 15 is 0 Å². The highest BCUT2D eigenvalue weighted by Gasteiger charge is 2.12. The number of carbonyl (C=O) groups is 1. The molecular formula is C17H15NO2. The van der Waals surface area contributed by atoms with E-state index in [1.54, 1.807) is 12.1 Å². The Bertz CT molecular complexity index is 759. The van der Waals surface area contributed by atoms with Crippen molar-refractivity contribution in [1.29, 1.82) is 0 Å². The third kappa shape index (κ3) is 2.18. The van der Waals surface area contributed by atoms with Crippen LogP contribution in [0.15, 0.2) is 54.6 Å². The van der Waals surface area contributed by atoms with Crippen LogP contribution in [0.1, 0.15) is 34.5 Å². The molecule has 0 radical (unpaired) electrons. The third-order valence-electron chi connectivity index (χ3n) is 3.66. The number of aromatic nitrogens is 1. The number of aromatic carboxylic acids is 1. The average molecular weight is 265 g/mol. The fraction of sp³-hybridized carbons (Fsp3) is 0.118. The summed E-state index contributed by atoms with van der Waals surface area (Å²) < 4.78 is 0. The molecule has 0 spiro atoms. The Hall–Kier alpha value is -2.55. The molecule has 20 heavy (non-hydrogen) atoms. The molecule has 0 aliphatic heterocycles. The van der Waals surface area contributed by atoms with Gasteiger partial charge in [0.05, 0.1) is 5.56 Å². The van der Waals surface area contributed by atoms with Crippen molar-refractivity contribution >= 4 is 16.9 Å². The van der Waals surface area contributed by atoms with Crippen molar-refractivity contribution in [3.8, 4) is 0 Å². The molecule has 1 unspecified atom stereocenters. The first kappa shape index (κ1) is 12.5. The third-order valence-corrected chi connectivity index (χ3v) is 3.66.